The highest BCUT2D eigenvalue weighted by Gasteiger charge is 2.16. The molecule has 1 atom stereocenters. The third-order valence-electron chi connectivity index (χ3n) is 3.19. The van der Waals surface area contributed by atoms with E-state index >= 15 is 0 Å². The Labute approximate surface area is 109 Å². The van der Waals surface area contributed by atoms with Crippen molar-refractivity contribution in [3.8, 4) is 0 Å². The number of nitrogens with one attached hydrogen (secondary N) is 1. The summed E-state index contributed by atoms with van der Waals surface area (Å²) in [5, 5.41) is 3.46. The summed E-state index contributed by atoms with van der Waals surface area (Å²) < 4.78 is 0. The van der Waals surface area contributed by atoms with Crippen LogP contribution in [0, 0.1) is 0 Å². The number of carbonyl (C=O) groups is 1. The molecule has 0 amide bonds. The lowest BCUT2D eigenvalue weighted by Gasteiger charge is -2.14. The van der Waals surface area contributed by atoms with Gasteiger partial charge in [-0.3, -0.25) is 4.79 Å². The first kappa shape index (κ1) is 14.2. The quantitative estimate of drug-likeness (QED) is 0.839. The van der Waals surface area contributed by atoms with Gasteiger partial charge in [0, 0.05) is 18.0 Å². The largest absolute Gasteiger partial charge is 0.314 e. The molecule has 1 heterocycles. The van der Waals surface area contributed by atoms with Gasteiger partial charge in [0.15, 0.2) is 5.78 Å². The highest BCUT2D eigenvalue weighted by atomic mass is 35.5. The number of halogens is 1. The number of carbonyl (C=O) groups excluding carboxylic acids is 1. The Balaban J connectivity index is 0.00000144. The van der Waals surface area contributed by atoms with Crippen molar-refractivity contribution in [2.45, 2.75) is 38.1 Å². The van der Waals surface area contributed by atoms with E-state index in [-0.39, 0.29) is 18.2 Å². The standard InChI is InChI=1S/C14H19NO.ClH/c16-14(12-7-3-1-4-8-12)11-13-9-5-2-6-10-15-13;/h1,3-4,7-8,13,15H,2,5-6,9-11H2;1H. The van der Waals surface area contributed by atoms with Crippen LogP contribution in [0.3, 0.4) is 0 Å². The Morgan fingerprint density at radius 2 is 1.94 bits per heavy atom. The molecule has 2 nitrogen and oxygen atoms in total. The van der Waals surface area contributed by atoms with Gasteiger partial charge >= 0.3 is 0 Å². The molecule has 1 N–H and O–H groups in total. The van der Waals surface area contributed by atoms with Crippen molar-refractivity contribution in [1.29, 1.82) is 0 Å². The Bertz CT molecular complexity index is 331. The molecule has 1 fully saturated rings. The van der Waals surface area contributed by atoms with Gasteiger partial charge in [-0.05, 0) is 19.4 Å². The summed E-state index contributed by atoms with van der Waals surface area (Å²) in [5.41, 5.74) is 0.841. The normalized spacial score (nSPS) is 20.1. The van der Waals surface area contributed by atoms with Crippen molar-refractivity contribution >= 4 is 18.2 Å². The summed E-state index contributed by atoms with van der Waals surface area (Å²) in [6.07, 6.45) is 5.57. The molecule has 0 saturated carbocycles. The Hall–Kier alpha value is -0.860. The fraction of sp³-hybridized carbons (Fsp3) is 0.500. The van der Waals surface area contributed by atoms with Crippen LogP contribution in [-0.4, -0.2) is 18.4 Å². The van der Waals surface area contributed by atoms with E-state index in [1.54, 1.807) is 0 Å². The van der Waals surface area contributed by atoms with E-state index in [9.17, 15) is 4.79 Å². The number of benzene rings is 1. The molecule has 1 unspecified atom stereocenters. The maximum absolute atomic E-state index is 12.0. The lowest BCUT2D eigenvalue weighted by molar-refractivity contribution is 0.0968. The molecule has 1 aromatic rings. The number of Topliss-reactive ketones (excluding diaryl/α,β-unsaturated/α-hetero) is 1. The number of hydrogen-bond donors (Lipinski definition) is 1. The van der Waals surface area contributed by atoms with Crippen molar-refractivity contribution in [1.82, 2.24) is 5.32 Å². The van der Waals surface area contributed by atoms with Crippen LogP contribution in [0.25, 0.3) is 0 Å². The zero-order valence-corrected chi connectivity index (χ0v) is 10.8. The fourth-order valence-electron chi connectivity index (χ4n) is 2.24. The molecule has 0 spiro atoms. The van der Waals surface area contributed by atoms with Crippen LogP contribution in [0.15, 0.2) is 30.3 Å². The lowest BCUT2D eigenvalue weighted by atomic mass is 10.0. The van der Waals surface area contributed by atoms with Gasteiger partial charge in [-0.25, -0.2) is 0 Å². The molecule has 17 heavy (non-hydrogen) atoms. The van der Waals surface area contributed by atoms with Crippen molar-refractivity contribution in [2.24, 2.45) is 0 Å². The maximum atomic E-state index is 12.0. The smallest absolute Gasteiger partial charge is 0.164 e. The minimum absolute atomic E-state index is 0. The van der Waals surface area contributed by atoms with Gasteiger partial charge in [0.2, 0.25) is 0 Å². The Morgan fingerprint density at radius 1 is 1.18 bits per heavy atom. The van der Waals surface area contributed by atoms with E-state index in [2.05, 4.69) is 5.32 Å². The topological polar surface area (TPSA) is 29.1 Å². The van der Waals surface area contributed by atoms with Crippen LogP contribution in [0.2, 0.25) is 0 Å². The Kier molecular flexibility index (Phi) is 6.23. The predicted octanol–water partition coefficient (Wildman–Crippen LogP) is 3.21. The average molecular weight is 254 g/mol. The van der Waals surface area contributed by atoms with Crippen LogP contribution < -0.4 is 5.32 Å². The van der Waals surface area contributed by atoms with Crippen LogP contribution in [0.5, 0.6) is 0 Å². The number of hydrogen-bond acceptors (Lipinski definition) is 2. The monoisotopic (exact) mass is 253 g/mol. The zero-order valence-electron chi connectivity index (χ0n) is 10.0. The second-order valence-corrected chi connectivity index (χ2v) is 4.49. The molecule has 1 aliphatic rings. The first-order chi connectivity index (χ1) is 7.86. The van der Waals surface area contributed by atoms with Crippen molar-refractivity contribution in [3.05, 3.63) is 35.9 Å². The van der Waals surface area contributed by atoms with Crippen molar-refractivity contribution in [2.75, 3.05) is 6.54 Å². The molecule has 3 heteroatoms. The minimum atomic E-state index is 0. The molecular weight excluding hydrogens is 234 g/mol. The average Bonchev–Trinajstić information content (AvgIpc) is 2.59. The van der Waals surface area contributed by atoms with Crippen LogP contribution in [0.1, 0.15) is 42.5 Å². The van der Waals surface area contributed by atoms with E-state index in [0.717, 1.165) is 18.5 Å². The van der Waals surface area contributed by atoms with E-state index < -0.39 is 0 Å². The lowest BCUT2D eigenvalue weighted by Crippen LogP contribution is -2.30. The molecule has 0 bridgehead atoms. The molecule has 2 rings (SSSR count). The molecule has 0 aromatic heterocycles. The Morgan fingerprint density at radius 3 is 2.71 bits per heavy atom. The highest BCUT2D eigenvalue weighted by molar-refractivity contribution is 5.96. The summed E-state index contributed by atoms with van der Waals surface area (Å²) in [6, 6.07) is 9.98. The predicted molar refractivity (Wildman–Crippen MR) is 72.9 cm³/mol. The maximum Gasteiger partial charge on any atom is 0.164 e. The molecule has 1 aliphatic heterocycles. The van der Waals surface area contributed by atoms with E-state index in [1.807, 2.05) is 30.3 Å². The van der Waals surface area contributed by atoms with Gasteiger partial charge in [0.25, 0.3) is 0 Å². The van der Waals surface area contributed by atoms with Gasteiger partial charge in [-0.15, -0.1) is 12.4 Å². The van der Waals surface area contributed by atoms with Gasteiger partial charge in [0.05, 0.1) is 0 Å². The van der Waals surface area contributed by atoms with E-state index in [4.69, 9.17) is 0 Å². The molecule has 94 valence electrons. The van der Waals surface area contributed by atoms with Crippen LogP contribution in [-0.2, 0) is 0 Å². The molecular formula is C14H20ClNO. The number of rotatable bonds is 3. The van der Waals surface area contributed by atoms with Crippen LogP contribution in [0.4, 0.5) is 0 Å². The van der Waals surface area contributed by atoms with E-state index in [0.29, 0.717) is 12.5 Å². The van der Waals surface area contributed by atoms with Gasteiger partial charge in [-0.1, -0.05) is 43.2 Å². The second kappa shape index (κ2) is 7.46. The van der Waals surface area contributed by atoms with Gasteiger partial charge in [-0.2, -0.15) is 0 Å². The molecule has 1 saturated heterocycles. The first-order valence-corrected chi connectivity index (χ1v) is 6.18. The van der Waals surface area contributed by atoms with Crippen molar-refractivity contribution < 1.29 is 4.79 Å². The van der Waals surface area contributed by atoms with Gasteiger partial charge in [0.1, 0.15) is 0 Å². The van der Waals surface area contributed by atoms with Gasteiger partial charge < -0.3 is 5.32 Å². The second-order valence-electron chi connectivity index (χ2n) is 4.49. The molecule has 0 aliphatic carbocycles. The SMILES string of the molecule is Cl.O=C(CC1CCCCCN1)c1ccccc1. The van der Waals surface area contributed by atoms with Crippen molar-refractivity contribution in [3.63, 3.8) is 0 Å². The molecule has 0 radical (unpaired) electrons. The zero-order chi connectivity index (χ0) is 11.2. The summed E-state index contributed by atoms with van der Waals surface area (Å²) in [7, 11) is 0. The fourth-order valence-corrected chi connectivity index (χ4v) is 2.24. The van der Waals surface area contributed by atoms with Crippen LogP contribution >= 0.6 is 12.4 Å². The highest BCUT2D eigenvalue weighted by Crippen LogP contribution is 2.13. The van der Waals surface area contributed by atoms with E-state index in [1.165, 1.54) is 19.3 Å². The third-order valence-corrected chi connectivity index (χ3v) is 3.19. The first-order valence-electron chi connectivity index (χ1n) is 6.18. The summed E-state index contributed by atoms with van der Waals surface area (Å²) in [6.45, 7) is 1.06. The summed E-state index contributed by atoms with van der Waals surface area (Å²) in [4.78, 5) is 12.0. The number of ketones is 1. The third kappa shape index (κ3) is 4.49. The summed E-state index contributed by atoms with van der Waals surface area (Å²) in [5.74, 6) is 0.264. The summed E-state index contributed by atoms with van der Waals surface area (Å²) >= 11 is 0. The minimum Gasteiger partial charge on any atom is -0.314 e. The molecule has 1 aromatic carbocycles.